The molecule has 0 radical (unpaired) electrons. The van der Waals surface area contributed by atoms with E-state index in [-0.39, 0.29) is 5.75 Å². The Morgan fingerprint density at radius 3 is 2.82 bits per heavy atom. The van der Waals surface area contributed by atoms with Gasteiger partial charge in [0.15, 0.2) is 16.7 Å². The number of rotatable bonds is 4. The number of benzene rings is 2. The summed E-state index contributed by atoms with van der Waals surface area (Å²) in [5.74, 6) is 0.835. The number of aromatic amines is 1. The van der Waals surface area contributed by atoms with E-state index in [0.29, 0.717) is 35.6 Å². The van der Waals surface area contributed by atoms with Gasteiger partial charge < -0.3 is 19.8 Å². The number of aryl methyl sites for hydroxylation is 1. The lowest BCUT2D eigenvalue weighted by molar-refractivity contribution is -0.117. The molecule has 4 rings (SSSR count). The molecule has 1 aromatic heterocycles. The third-order valence-corrected chi connectivity index (χ3v) is 4.88. The monoisotopic (exact) mass is 398 g/mol. The maximum atomic E-state index is 12.0. The van der Waals surface area contributed by atoms with E-state index in [1.54, 1.807) is 18.2 Å². The van der Waals surface area contributed by atoms with Crippen molar-refractivity contribution in [3.63, 3.8) is 0 Å². The molecule has 2 aromatic carbocycles. The molecule has 3 aromatic rings. The van der Waals surface area contributed by atoms with E-state index in [9.17, 15) is 9.59 Å². The Kier molecular flexibility index (Phi) is 5.07. The van der Waals surface area contributed by atoms with Gasteiger partial charge in [-0.3, -0.25) is 10.1 Å². The minimum atomic E-state index is -0.609. The van der Waals surface area contributed by atoms with Gasteiger partial charge in [-0.15, -0.1) is 0 Å². The minimum absolute atomic E-state index is 0.0629. The Bertz CT molecular complexity index is 1050. The Morgan fingerprint density at radius 1 is 1.14 bits per heavy atom. The molecule has 0 atom stereocenters. The van der Waals surface area contributed by atoms with Gasteiger partial charge >= 0.3 is 6.03 Å². The topological polar surface area (TPSA) is 105 Å². The summed E-state index contributed by atoms with van der Waals surface area (Å²) in [6.07, 6.45) is 0. The molecule has 1 aliphatic heterocycles. The molecule has 0 fully saturated rings. The Balaban J connectivity index is 1.30. The number of nitrogens with zero attached hydrogens (tertiary/aromatic N) is 1. The number of nitrogens with one attached hydrogen (secondary N) is 3. The lowest BCUT2D eigenvalue weighted by atomic mass is 10.2. The number of amides is 3. The molecular weight excluding hydrogens is 380 g/mol. The summed E-state index contributed by atoms with van der Waals surface area (Å²) in [7, 11) is 0. The number of imide groups is 1. The highest BCUT2D eigenvalue weighted by Gasteiger charge is 2.14. The second-order valence-corrected chi connectivity index (χ2v) is 7.18. The largest absolute Gasteiger partial charge is 0.486 e. The number of imidazole rings is 1. The van der Waals surface area contributed by atoms with Gasteiger partial charge in [0.25, 0.3) is 0 Å². The summed E-state index contributed by atoms with van der Waals surface area (Å²) in [4.78, 5) is 31.6. The molecule has 28 heavy (non-hydrogen) atoms. The van der Waals surface area contributed by atoms with Gasteiger partial charge in [-0.25, -0.2) is 9.78 Å². The first kappa shape index (κ1) is 18.2. The molecule has 0 aliphatic carbocycles. The Morgan fingerprint density at radius 2 is 1.96 bits per heavy atom. The Hall–Kier alpha value is -3.20. The number of fused-ring (bicyclic) bond motifs is 2. The van der Waals surface area contributed by atoms with Crippen LogP contribution in [0.4, 0.5) is 10.5 Å². The SMILES string of the molecule is Cc1ccc2nc(SCC(=O)NC(=O)Nc3ccc4c(c3)OCCO4)[nH]c2c1. The smallest absolute Gasteiger partial charge is 0.325 e. The lowest BCUT2D eigenvalue weighted by Gasteiger charge is -2.19. The van der Waals surface area contributed by atoms with Crippen molar-refractivity contribution in [1.29, 1.82) is 0 Å². The van der Waals surface area contributed by atoms with Crippen LogP contribution in [0.3, 0.4) is 0 Å². The third kappa shape index (κ3) is 4.20. The average molecular weight is 398 g/mol. The van der Waals surface area contributed by atoms with Crippen molar-refractivity contribution in [2.45, 2.75) is 12.1 Å². The number of urea groups is 1. The molecule has 8 nitrogen and oxygen atoms in total. The number of aromatic nitrogens is 2. The van der Waals surface area contributed by atoms with Crippen molar-refractivity contribution >= 4 is 40.4 Å². The van der Waals surface area contributed by atoms with Gasteiger partial charge in [-0.2, -0.15) is 0 Å². The number of hydrogen-bond acceptors (Lipinski definition) is 6. The molecule has 3 N–H and O–H groups in total. The molecule has 0 saturated heterocycles. The van der Waals surface area contributed by atoms with Crippen LogP contribution in [-0.4, -0.2) is 40.9 Å². The van der Waals surface area contributed by atoms with Gasteiger partial charge in [-0.05, 0) is 36.8 Å². The standard InChI is InChI=1S/C19H18N4O4S/c1-11-2-4-13-14(8-11)22-19(21-13)28-10-17(24)23-18(25)20-12-3-5-15-16(9-12)27-7-6-26-15/h2-5,8-9H,6-7,10H2,1H3,(H,21,22)(H2,20,23,24,25). The van der Waals surface area contributed by atoms with Crippen LogP contribution in [0.5, 0.6) is 11.5 Å². The highest BCUT2D eigenvalue weighted by atomic mass is 32.2. The fourth-order valence-electron chi connectivity index (χ4n) is 2.75. The number of carbonyl (C=O) groups excluding carboxylic acids is 2. The van der Waals surface area contributed by atoms with Crippen LogP contribution < -0.4 is 20.1 Å². The van der Waals surface area contributed by atoms with Crippen LogP contribution in [0.25, 0.3) is 11.0 Å². The maximum absolute atomic E-state index is 12.0. The third-order valence-electron chi connectivity index (χ3n) is 4.01. The van der Waals surface area contributed by atoms with E-state index in [4.69, 9.17) is 9.47 Å². The summed E-state index contributed by atoms with van der Waals surface area (Å²) in [6.45, 7) is 2.96. The van der Waals surface area contributed by atoms with Crippen LogP contribution in [0.2, 0.25) is 0 Å². The maximum Gasteiger partial charge on any atom is 0.325 e. The summed E-state index contributed by atoms with van der Waals surface area (Å²) < 4.78 is 10.9. The second kappa shape index (κ2) is 7.81. The van der Waals surface area contributed by atoms with Crippen molar-refractivity contribution in [1.82, 2.24) is 15.3 Å². The zero-order chi connectivity index (χ0) is 19.5. The number of thioether (sulfide) groups is 1. The molecule has 144 valence electrons. The predicted molar refractivity (Wildman–Crippen MR) is 106 cm³/mol. The quantitative estimate of drug-likeness (QED) is 0.583. The van der Waals surface area contributed by atoms with Gasteiger partial charge in [0.05, 0.1) is 16.8 Å². The van der Waals surface area contributed by atoms with Crippen molar-refractivity contribution < 1.29 is 19.1 Å². The van der Waals surface area contributed by atoms with E-state index in [1.807, 2.05) is 25.1 Å². The molecule has 0 bridgehead atoms. The van der Waals surface area contributed by atoms with Gasteiger partial charge in [0.1, 0.15) is 13.2 Å². The molecule has 3 amide bonds. The summed E-state index contributed by atoms with van der Waals surface area (Å²) >= 11 is 1.23. The Labute approximate surface area is 165 Å². The fraction of sp³-hybridized carbons (Fsp3) is 0.211. The van der Waals surface area contributed by atoms with Crippen molar-refractivity contribution in [2.24, 2.45) is 0 Å². The number of carbonyl (C=O) groups is 2. The van der Waals surface area contributed by atoms with Crippen LogP contribution in [0.15, 0.2) is 41.6 Å². The van der Waals surface area contributed by atoms with Crippen LogP contribution in [0, 0.1) is 6.92 Å². The molecule has 0 unspecified atom stereocenters. The minimum Gasteiger partial charge on any atom is -0.486 e. The predicted octanol–water partition coefficient (Wildman–Crippen LogP) is 3.08. The first-order chi connectivity index (χ1) is 13.6. The van der Waals surface area contributed by atoms with Crippen molar-refractivity contribution in [2.75, 3.05) is 24.3 Å². The fourth-order valence-corrected chi connectivity index (χ4v) is 3.43. The van der Waals surface area contributed by atoms with E-state index >= 15 is 0 Å². The number of anilines is 1. The zero-order valence-corrected chi connectivity index (χ0v) is 15.9. The molecule has 0 spiro atoms. The highest BCUT2D eigenvalue weighted by Crippen LogP contribution is 2.32. The van der Waals surface area contributed by atoms with E-state index < -0.39 is 11.9 Å². The number of hydrogen-bond donors (Lipinski definition) is 3. The summed E-state index contributed by atoms with van der Waals surface area (Å²) in [5.41, 5.74) is 3.39. The van der Waals surface area contributed by atoms with E-state index in [1.165, 1.54) is 11.8 Å². The average Bonchev–Trinajstić information content (AvgIpc) is 3.08. The molecule has 9 heteroatoms. The van der Waals surface area contributed by atoms with Gasteiger partial charge in [-0.1, -0.05) is 17.8 Å². The van der Waals surface area contributed by atoms with Crippen LogP contribution in [-0.2, 0) is 4.79 Å². The zero-order valence-electron chi connectivity index (χ0n) is 15.1. The van der Waals surface area contributed by atoms with Crippen LogP contribution >= 0.6 is 11.8 Å². The molecule has 0 saturated carbocycles. The second-order valence-electron chi connectivity index (χ2n) is 6.21. The normalized spacial score (nSPS) is 12.6. The first-order valence-electron chi connectivity index (χ1n) is 8.66. The van der Waals surface area contributed by atoms with E-state index in [0.717, 1.165) is 16.6 Å². The van der Waals surface area contributed by atoms with Gasteiger partial charge in [0, 0.05) is 11.8 Å². The summed E-state index contributed by atoms with van der Waals surface area (Å²) in [6, 6.07) is 10.3. The lowest BCUT2D eigenvalue weighted by Crippen LogP contribution is -2.35. The number of ether oxygens (including phenoxy) is 2. The summed E-state index contributed by atoms with van der Waals surface area (Å²) in [5, 5.41) is 5.54. The molecular formula is C19H18N4O4S. The van der Waals surface area contributed by atoms with Gasteiger partial charge in [0.2, 0.25) is 5.91 Å². The highest BCUT2D eigenvalue weighted by molar-refractivity contribution is 7.99. The van der Waals surface area contributed by atoms with Crippen molar-refractivity contribution in [3.05, 3.63) is 42.0 Å². The van der Waals surface area contributed by atoms with E-state index in [2.05, 4.69) is 20.6 Å². The first-order valence-corrected chi connectivity index (χ1v) is 9.65. The van der Waals surface area contributed by atoms with Crippen LogP contribution in [0.1, 0.15) is 5.56 Å². The van der Waals surface area contributed by atoms with Crippen molar-refractivity contribution in [3.8, 4) is 11.5 Å². The molecule has 1 aliphatic rings. The molecule has 2 heterocycles. The number of H-pyrrole nitrogens is 1.